The molecule has 32 heavy (non-hydrogen) atoms. The van der Waals surface area contributed by atoms with E-state index >= 15 is 0 Å². The SMILES string of the molecule is C[C@H](NC(=O)C12CC3CC(CC(C3)C1)C2)C(=O)O[C@@H](C)C(=O)N1CCc2ccccc2C1. The molecule has 6 rings (SSSR count). The minimum Gasteiger partial charge on any atom is -0.451 e. The van der Waals surface area contributed by atoms with Crippen LogP contribution in [0.25, 0.3) is 0 Å². The van der Waals surface area contributed by atoms with E-state index in [4.69, 9.17) is 4.74 Å². The number of nitrogens with zero attached hydrogens (tertiary/aromatic N) is 1. The van der Waals surface area contributed by atoms with Gasteiger partial charge in [0.1, 0.15) is 6.04 Å². The second-order valence-corrected chi connectivity index (χ2v) is 10.8. The van der Waals surface area contributed by atoms with Crippen LogP contribution in [0.15, 0.2) is 24.3 Å². The molecule has 6 nitrogen and oxygen atoms in total. The maximum Gasteiger partial charge on any atom is 0.329 e. The summed E-state index contributed by atoms with van der Waals surface area (Å²) in [5.74, 6) is 1.28. The van der Waals surface area contributed by atoms with Crippen molar-refractivity contribution in [3.05, 3.63) is 35.4 Å². The molecule has 4 aliphatic carbocycles. The first-order valence-electron chi connectivity index (χ1n) is 12.2. The number of ether oxygens (including phenoxy) is 1. The van der Waals surface area contributed by atoms with Crippen molar-refractivity contribution in [2.75, 3.05) is 6.54 Å². The smallest absolute Gasteiger partial charge is 0.329 e. The highest BCUT2D eigenvalue weighted by molar-refractivity contribution is 5.89. The van der Waals surface area contributed by atoms with Crippen LogP contribution in [-0.4, -0.2) is 41.4 Å². The summed E-state index contributed by atoms with van der Waals surface area (Å²) in [6, 6.07) is 7.36. The molecule has 1 aromatic carbocycles. The first-order valence-corrected chi connectivity index (χ1v) is 12.2. The molecular weight excluding hydrogens is 404 g/mol. The molecule has 0 spiro atoms. The fraction of sp³-hybridized carbons (Fsp3) is 0.654. The van der Waals surface area contributed by atoms with Crippen LogP contribution in [0.1, 0.15) is 63.5 Å². The first kappa shape index (κ1) is 21.5. The molecule has 2 amide bonds. The summed E-state index contributed by atoms with van der Waals surface area (Å²) in [6.45, 7) is 4.44. The lowest BCUT2D eigenvalue weighted by atomic mass is 9.49. The third-order valence-electron chi connectivity index (χ3n) is 8.30. The summed E-state index contributed by atoms with van der Waals surface area (Å²) in [4.78, 5) is 40.5. The van der Waals surface area contributed by atoms with Crippen molar-refractivity contribution in [2.45, 2.75) is 77.5 Å². The number of benzene rings is 1. The molecule has 172 valence electrons. The molecule has 4 saturated carbocycles. The van der Waals surface area contributed by atoms with Crippen molar-refractivity contribution in [1.82, 2.24) is 10.2 Å². The molecule has 0 unspecified atom stereocenters. The molecule has 1 aliphatic heterocycles. The zero-order chi connectivity index (χ0) is 22.5. The molecule has 0 aromatic heterocycles. The highest BCUT2D eigenvalue weighted by Crippen LogP contribution is 2.60. The predicted octanol–water partition coefficient (Wildman–Crippen LogP) is 3.22. The topological polar surface area (TPSA) is 75.7 Å². The van der Waals surface area contributed by atoms with Gasteiger partial charge in [-0.25, -0.2) is 4.79 Å². The van der Waals surface area contributed by atoms with Gasteiger partial charge in [0, 0.05) is 18.5 Å². The Morgan fingerprint density at radius 1 is 1.00 bits per heavy atom. The Labute approximate surface area is 190 Å². The van der Waals surface area contributed by atoms with Crippen LogP contribution in [0, 0.1) is 23.2 Å². The monoisotopic (exact) mass is 438 g/mol. The van der Waals surface area contributed by atoms with E-state index in [1.807, 2.05) is 18.2 Å². The largest absolute Gasteiger partial charge is 0.451 e. The van der Waals surface area contributed by atoms with Crippen LogP contribution in [0.3, 0.4) is 0 Å². The van der Waals surface area contributed by atoms with Gasteiger partial charge in [-0.2, -0.15) is 0 Å². The van der Waals surface area contributed by atoms with E-state index in [0.717, 1.165) is 31.2 Å². The Kier molecular flexibility index (Phi) is 5.50. The summed E-state index contributed by atoms with van der Waals surface area (Å²) in [7, 11) is 0. The lowest BCUT2D eigenvalue weighted by molar-refractivity contribution is -0.163. The minimum absolute atomic E-state index is 0.00710. The molecule has 1 N–H and O–H groups in total. The number of hydrogen-bond donors (Lipinski definition) is 1. The second kappa shape index (κ2) is 8.20. The standard InChI is InChI=1S/C26H34N2O4/c1-16(27-25(31)26-12-18-9-19(13-26)11-20(10-18)14-26)24(30)32-17(2)23(29)28-8-7-21-5-3-4-6-22(21)15-28/h3-6,16-20H,7-15H2,1-2H3,(H,27,31)/t16-,17-,18?,19?,20?,26?/m0/s1. The van der Waals surface area contributed by atoms with Crippen molar-refractivity contribution < 1.29 is 19.1 Å². The van der Waals surface area contributed by atoms with Crippen LogP contribution in [0.4, 0.5) is 0 Å². The maximum absolute atomic E-state index is 13.2. The van der Waals surface area contributed by atoms with Crippen molar-refractivity contribution in [3.63, 3.8) is 0 Å². The fourth-order valence-electron chi connectivity index (χ4n) is 7.07. The fourth-order valence-corrected chi connectivity index (χ4v) is 7.07. The number of rotatable bonds is 5. The van der Waals surface area contributed by atoms with E-state index in [-0.39, 0.29) is 17.2 Å². The van der Waals surface area contributed by atoms with Gasteiger partial charge in [-0.05, 0) is 87.7 Å². The third kappa shape index (κ3) is 3.93. The second-order valence-electron chi connectivity index (χ2n) is 10.8. The molecule has 0 radical (unpaired) electrons. The van der Waals surface area contributed by atoms with Crippen LogP contribution >= 0.6 is 0 Å². The highest BCUT2D eigenvalue weighted by Gasteiger charge is 2.54. The van der Waals surface area contributed by atoms with Gasteiger partial charge in [0.15, 0.2) is 6.10 Å². The van der Waals surface area contributed by atoms with Gasteiger partial charge in [-0.3, -0.25) is 9.59 Å². The number of carbonyl (C=O) groups excluding carboxylic acids is 3. The lowest BCUT2D eigenvalue weighted by Gasteiger charge is -2.55. The Balaban J connectivity index is 1.15. The molecule has 6 heteroatoms. The Morgan fingerprint density at radius 2 is 1.59 bits per heavy atom. The lowest BCUT2D eigenvalue weighted by Crippen LogP contribution is -2.56. The van der Waals surface area contributed by atoms with E-state index in [0.29, 0.717) is 30.8 Å². The van der Waals surface area contributed by atoms with Crippen LogP contribution in [-0.2, 0) is 32.1 Å². The molecule has 4 bridgehead atoms. The quantitative estimate of drug-likeness (QED) is 0.717. The minimum atomic E-state index is -0.869. The number of nitrogens with one attached hydrogen (secondary N) is 1. The number of hydrogen-bond acceptors (Lipinski definition) is 4. The summed E-state index contributed by atoms with van der Waals surface area (Å²) in [5, 5.41) is 2.94. The van der Waals surface area contributed by atoms with Gasteiger partial charge < -0.3 is 15.0 Å². The molecule has 5 aliphatic rings. The normalized spacial score (nSPS) is 32.1. The van der Waals surface area contributed by atoms with Crippen molar-refractivity contribution in [1.29, 1.82) is 0 Å². The van der Waals surface area contributed by atoms with E-state index in [1.165, 1.54) is 24.8 Å². The number of amides is 2. The van der Waals surface area contributed by atoms with E-state index in [9.17, 15) is 14.4 Å². The Morgan fingerprint density at radius 3 is 2.22 bits per heavy atom. The Bertz CT molecular complexity index is 891. The van der Waals surface area contributed by atoms with Gasteiger partial charge in [-0.15, -0.1) is 0 Å². The average molecular weight is 439 g/mol. The third-order valence-corrected chi connectivity index (χ3v) is 8.30. The summed E-state index contributed by atoms with van der Waals surface area (Å²) >= 11 is 0. The predicted molar refractivity (Wildman–Crippen MR) is 119 cm³/mol. The van der Waals surface area contributed by atoms with Gasteiger partial charge in [-0.1, -0.05) is 24.3 Å². The molecule has 0 saturated heterocycles. The van der Waals surface area contributed by atoms with Gasteiger partial charge >= 0.3 is 5.97 Å². The number of carbonyl (C=O) groups is 3. The number of fused-ring (bicyclic) bond motifs is 1. The molecule has 4 fully saturated rings. The molecule has 1 heterocycles. The molecule has 2 atom stereocenters. The van der Waals surface area contributed by atoms with Crippen molar-refractivity contribution in [3.8, 4) is 0 Å². The zero-order valence-corrected chi connectivity index (χ0v) is 19.1. The maximum atomic E-state index is 13.2. The van der Waals surface area contributed by atoms with Crippen molar-refractivity contribution in [2.24, 2.45) is 23.2 Å². The molecule has 1 aromatic rings. The van der Waals surface area contributed by atoms with Gasteiger partial charge in [0.25, 0.3) is 5.91 Å². The summed E-state index contributed by atoms with van der Waals surface area (Å²) in [5.41, 5.74) is 2.11. The van der Waals surface area contributed by atoms with Crippen molar-refractivity contribution >= 4 is 17.8 Å². The van der Waals surface area contributed by atoms with Crippen LogP contribution in [0.5, 0.6) is 0 Å². The van der Waals surface area contributed by atoms with E-state index < -0.39 is 18.1 Å². The van der Waals surface area contributed by atoms with Crippen LogP contribution in [0.2, 0.25) is 0 Å². The van der Waals surface area contributed by atoms with E-state index in [1.54, 1.807) is 18.7 Å². The average Bonchev–Trinajstić information content (AvgIpc) is 2.77. The molecular formula is C26H34N2O4. The highest BCUT2D eigenvalue weighted by atomic mass is 16.5. The number of esters is 1. The van der Waals surface area contributed by atoms with E-state index in [2.05, 4.69) is 11.4 Å². The van der Waals surface area contributed by atoms with Gasteiger partial charge in [0.2, 0.25) is 5.91 Å². The first-order chi connectivity index (χ1) is 15.3. The van der Waals surface area contributed by atoms with Gasteiger partial charge in [0.05, 0.1) is 0 Å². The zero-order valence-electron chi connectivity index (χ0n) is 19.1. The Hall–Kier alpha value is -2.37. The summed E-state index contributed by atoms with van der Waals surface area (Å²) in [6.07, 6.45) is 6.61. The summed E-state index contributed by atoms with van der Waals surface area (Å²) < 4.78 is 5.49. The van der Waals surface area contributed by atoms with Crippen LogP contribution < -0.4 is 5.32 Å².